The molecule has 3 N–H and O–H groups in total. The van der Waals surface area contributed by atoms with E-state index in [0.29, 0.717) is 6.42 Å². The van der Waals surface area contributed by atoms with Crippen LogP contribution < -0.4 is 10.9 Å². The highest BCUT2D eigenvalue weighted by Gasteiger charge is 2.32. The van der Waals surface area contributed by atoms with Crippen molar-refractivity contribution in [2.24, 2.45) is 7.05 Å². The number of hydrogen-bond acceptors (Lipinski definition) is 3. The Morgan fingerprint density at radius 2 is 2.11 bits per heavy atom. The first-order chi connectivity index (χ1) is 9.09. The van der Waals surface area contributed by atoms with Crippen molar-refractivity contribution in [3.8, 4) is 0 Å². The molecule has 2 atom stereocenters. The van der Waals surface area contributed by atoms with Gasteiger partial charge in [-0.05, 0) is 25.0 Å². The van der Waals surface area contributed by atoms with E-state index in [0.717, 1.165) is 0 Å². The molecule has 0 bridgehead atoms. The number of benzene rings is 1. The quantitative estimate of drug-likeness (QED) is 0.764. The summed E-state index contributed by atoms with van der Waals surface area (Å²) in [5.41, 5.74) is 9.49. The van der Waals surface area contributed by atoms with Crippen molar-refractivity contribution in [3.05, 3.63) is 35.5 Å². The highest BCUT2D eigenvalue weighted by Crippen LogP contribution is 2.33. The molecule has 19 heavy (non-hydrogen) atoms. The summed E-state index contributed by atoms with van der Waals surface area (Å²) in [6, 6.07) is 7.72. The SMILES string of the molecule is Cc1c(C2CC(C(=O)O)NN2)c2ccccc2n1C. The first-order valence-electron chi connectivity index (χ1n) is 6.37. The molecule has 1 aliphatic rings. The summed E-state index contributed by atoms with van der Waals surface area (Å²) in [4.78, 5) is 11.0. The number of carbonyl (C=O) groups is 1. The number of fused-ring (bicyclic) bond motifs is 1. The van der Waals surface area contributed by atoms with Crippen molar-refractivity contribution in [2.45, 2.75) is 25.4 Å². The molecule has 0 radical (unpaired) electrons. The third kappa shape index (κ3) is 1.82. The summed E-state index contributed by atoms with van der Waals surface area (Å²) < 4.78 is 2.15. The van der Waals surface area contributed by atoms with Crippen molar-refractivity contribution >= 4 is 16.9 Å². The van der Waals surface area contributed by atoms with E-state index in [9.17, 15) is 4.79 Å². The number of carboxylic acids is 1. The van der Waals surface area contributed by atoms with E-state index < -0.39 is 12.0 Å². The van der Waals surface area contributed by atoms with E-state index in [1.165, 1.54) is 22.2 Å². The molecule has 0 amide bonds. The monoisotopic (exact) mass is 259 g/mol. The molecule has 100 valence electrons. The van der Waals surface area contributed by atoms with Crippen LogP contribution in [0.1, 0.15) is 23.7 Å². The minimum absolute atomic E-state index is 0.0344. The standard InChI is InChI=1S/C14H17N3O2/c1-8-13(10-7-11(14(18)19)16-15-10)9-5-3-4-6-12(9)17(8)2/h3-6,10-11,15-16H,7H2,1-2H3,(H,18,19). The summed E-state index contributed by atoms with van der Waals surface area (Å²) in [6.07, 6.45) is 0.560. The van der Waals surface area contributed by atoms with Gasteiger partial charge in [-0.25, -0.2) is 10.9 Å². The molecule has 2 heterocycles. The van der Waals surface area contributed by atoms with Crippen molar-refractivity contribution in [1.82, 2.24) is 15.4 Å². The van der Waals surface area contributed by atoms with Gasteiger partial charge in [-0.2, -0.15) is 0 Å². The van der Waals surface area contributed by atoms with Crippen LogP contribution in [-0.4, -0.2) is 21.7 Å². The van der Waals surface area contributed by atoms with Gasteiger partial charge in [0.15, 0.2) is 0 Å². The normalized spacial score (nSPS) is 23.1. The molecule has 0 saturated carbocycles. The lowest BCUT2D eigenvalue weighted by Crippen LogP contribution is -2.36. The number of para-hydroxylation sites is 1. The minimum atomic E-state index is -0.812. The number of carboxylic acid groups (broad SMARTS) is 1. The van der Waals surface area contributed by atoms with Gasteiger partial charge >= 0.3 is 5.97 Å². The molecule has 3 rings (SSSR count). The number of aliphatic carboxylic acids is 1. The van der Waals surface area contributed by atoms with E-state index in [4.69, 9.17) is 5.11 Å². The van der Waals surface area contributed by atoms with E-state index in [-0.39, 0.29) is 6.04 Å². The van der Waals surface area contributed by atoms with E-state index in [2.05, 4.69) is 34.5 Å². The summed E-state index contributed by atoms with van der Waals surface area (Å²) >= 11 is 0. The average Bonchev–Trinajstić information content (AvgIpc) is 2.96. The van der Waals surface area contributed by atoms with E-state index in [1.807, 2.05) is 19.2 Å². The Labute approximate surface area is 111 Å². The molecule has 2 aromatic rings. The van der Waals surface area contributed by atoms with Crippen LogP contribution in [0.5, 0.6) is 0 Å². The largest absolute Gasteiger partial charge is 0.480 e. The molecular weight excluding hydrogens is 242 g/mol. The van der Waals surface area contributed by atoms with Gasteiger partial charge < -0.3 is 9.67 Å². The molecule has 2 unspecified atom stereocenters. The Balaban J connectivity index is 2.06. The van der Waals surface area contributed by atoms with Crippen molar-refractivity contribution in [2.75, 3.05) is 0 Å². The summed E-state index contributed by atoms with van der Waals surface area (Å²) in [5.74, 6) is -0.812. The fraction of sp³-hybridized carbons (Fsp3) is 0.357. The predicted molar refractivity (Wildman–Crippen MR) is 72.7 cm³/mol. The van der Waals surface area contributed by atoms with Crippen LogP contribution in [-0.2, 0) is 11.8 Å². The number of rotatable bonds is 2. The molecule has 1 fully saturated rings. The average molecular weight is 259 g/mol. The topological polar surface area (TPSA) is 66.3 Å². The van der Waals surface area contributed by atoms with Crippen molar-refractivity contribution < 1.29 is 9.90 Å². The molecule has 5 nitrogen and oxygen atoms in total. The zero-order valence-corrected chi connectivity index (χ0v) is 11.0. The molecule has 5 heteroatoms. The number of hydrazine groups is 1. The number of nitrogens with zero attached hydrogens (tertiary/aromatic N) is 1. The van der Waals surface area contributed by atoms with Gasteiger partial charge in [0.25, 0.3) is 0 Å². The van der Waals surface area contributed by atoms with Gasteiger partial charge in [-0.3, -0.25) is 4.79 Å². The highest BCUT2D eigenvalue weighted by atomic mass is 16.4. The Morgan fingerprint density at radius 1 is 1.37 bits per heavy atom. The zero-order chi connectivity index (χ0) is 13.6. The molecule has 1 saturated heterocycles. The lowest BCUT2D eigenvalue weighted by atomic mass is 9.99. The summed E-state index contributed by atoms with van der Waals surface area (Å²) in [7, 11) is 2.04. The van der Waals surface area contributed by atoms with Crippen LogP contribution in [0.15, 0.2) is 24.3 Å². The maximum Gasteiger partial charge on any atom is 0.322 e. The Morgan fingerprint density at radius 3 is 2.79 bits per heavy atom. The smallest absolute Gasteiger partial charge is 0.322 e. The lowest BCUT2D eigenvalue weighted by molar-refractivity contribution is -0.139. The van der Waals surface area contributed by atoms with Gasteiger partial charge in [0, 0.05) is 23.6 Å². The zero-order valence-electron chi connectivity index (χ0n) is 11.0. The Bertz CT molecular complexity index is 647. The third-order valence-corrected chi connectivity index (χ3v) is 4.00. The lowest BCUT2D eigenvalue weighted by Gasteiger charge is -2.10. The van der Waals surface area contributed by atoms with Gasteiger partial charge in [0.2, 0.25) is 0 Å². The molecular formula is C14H17N3O2. The fourth-order valence-corrected chi connectivity index (χ4v) is 2.90. The molecule has 1 aromatic carbocycles. The third-order valence-electron chi connectivity index (χ3n) is 4.00. The number of aryl methyl sites for hydroxylation is 1. The number of nitrogens with one attached hydrogen (secondary N) is 2. The Hall–Kier alpha value is -1.85. The number of aromatic nitrogens is 1. The molecule has 1 aromatic heterocycles. The first kappa shape index (κ1) is 12.2. The predicted octanol–water partition coefficient (Wildman–Crippen LogP) is 1.48. The van der Waals surface area contributed by atoms with Crippen LogP contribution >= 0.6 is 0 Å². The number of hydrogen-bond donors (Lipinski definition) is 3. The Kier molecular flexibility index (Phi) is 2.80. The minimum Gasteiger partial charge on any atom is -0.480 e. The van der Waals surface area contributed by atoms with Crippen molar-refractivity contribution in [1.29, 1.82) is 0 Å². The van der Waals surface area contributed by atoms with Crippen LogP contribution in [0.4, 0.5) is 0 Å². The van der Waals surface area contributed by atoms with Crippen LogP contribution in [0.2, 0.25) is 0 Å². The molecule has 0 aliphatic carbocycles. The molecule has 1 aliphatic heterocycles. The second-order valence-electron chi connectivity index (χ2n) is 5.04. The van der Waals surface area contributed by atoms with Gasteiger partial charge in [-0.15, -0.1) is 0 Å². The van der Waals surface area contributed by atoms with E-state index >= 15 is 0 Å². The second-order valence-corrected chi connectivity index (χ2v) is 5.04. The fourth-order valence-electron chi connectivity index (χ4n) is 2.90. The van der Waals surface area contributed by atoms with Gasteiger partial charge in [0.1, 0.15) is 6.04 Å². The van der Waals surface area contributed by atoms with Crippen molar-refractivity contribution in [3.63, 3.8) is 0 Å². The van der Waals surface area contributed by atoms with E-state index in [1.54, 1.807) is 0 Å². The molecule has 0 spiro atoms. The van der Waals surface area contributed by atoms with Crippen LogP contribution in [0.25, 0.3) is 10.9 Å². The first-order valence-corrected chi connectivity index (χ1v) is 6.37. The van der Waals surface area contributed by atoms with Gasteiger partial charge in [0.05, 0.1) is 6.04 Å². The highest BCUT2D eigenvalue weighted by molar-refractivity contribution is 5.86. The maximum atomic E-state index is 11.0. The summed E-state index contributed by atoms with van der Waals surface area (Å²) in [6.45, 7) is 2.07. The van der Waals surface area contributed by atoms with Crippen LogP contribution in [0.3, 0.4) is 0 Å². The maximum absolute atomic E-state index is 11.0. The van der Waals surface area contributed by atoms with Gasteiger partial charge in [-0.1, -0.05) is 18.2 Å². The second kappa shape index (κ2) is 4.36. The van der Waals surface area contributed by atoms with Crippen LogP contribution in [0, 0.1) is 6.92 Å². The summed E-state index contributed by atoms with van der Waals surface area (Å²) in [5, 5.41) is 10.2.